The number of para-hydroxylation sites is 1. The molecule has 110 valence electrons. The summed E-state index contributed by atoms with van der Waals surface area (Å²) in [6, 6.07) is 11.8. The third kappa shape index (κ3) is 4.27. The molecule has 2 aromatic rings. The fraction of sp³-hybridized carbons (Fsp3) is 0.133. The highest BCUT2D eigenvalue weighted by molar-refractivity contribution is 6.35. The minimum absolute atomic E-state index is 0.348. The van der Waals surface area contributed by atoms with E-state index in [9.17, 15) is 4.79 Å². The number of hydrogen-bond acceptors (Lipinski definition) is 2. The Hall–Kier alpha value is -1.42. The van der Waals surface area contributed by atoms with E-state index >= 15 is 0 Å². The van der Waals surface area contributed by atoms with Crippen LogP contribution in [0, 0.1) is 0 Å². The third-order valence-corrected chi connectivity index (χ3v) is 3.57. The molecule has 3 nitrogen and oxygen atoms in total. The Kier molecular flexibility index (Phi) is 5.34. The molecule has 0 aliphatic carbocycles. The van der Waals surface area contributed by atoms with Crippen molar-refractivity contribution in [2.75, 3.05) is 5.32 Å². The van der Waals surface area contributed by atoms with Gasteiger partial charge in [0.1, 0.15) is 5.75 Å². The van der Waals surface area contributed by atoms with E-state index in [-0.39, 0.29) is 5.91 Å². The molecule has 0 spiro atoms. The Morgan fingerprint density at radius 3 is 2.52 bits per heavy atom. The molecule has 1 atom stereocenters. The lowest BCUT2D eigenvalue weighted by Crippen LogP contribution is -2.30. The maximum atomic E-state index is 12.1. The minimum atomic E-state index is -0.736. The number of carbonyl (C=O) groups excluding carboxylic acids is 1. The van der Waals surface area contributed by atoms with Crippen LogP contribution in [0.5, 0.6) is 5.75 Å². The largest absolute Gasteiger partial charge is 0.479 e. The van der Waals surface area contributed by atoms with Gasteiger partial charge in [-0.3, -0.25) is 4.79 Å². The van der Waals surface area contributed by atoms with Crippen LogP contribution < -0.4 is 10.1 Å². The molecule has 0 fully saturated rings. The van der Waals surface area contributed by atoms with Gasteiger partial charge < -0.3 is 10.1 Å². The van der Waals surface area contributed by atoms with Gasteiger partial charge in [-0.25, -0.2) is 0 Å². The molecule has 0 aliphatic rings. The molecule has 0 radical (unpaired) electrons. The summed E-state index contributed by atoms with van der Waals surface area (Å²) >= 11 is 17.9. The quantitative estimate of drug-likeness (QED) is 0.842. The molecule has 0 saturated carbocycles. The first-order valence-electron chi connectivity index (χ1n) is 6.14. The highest BCUT2D eigenvalue weighted by Crippen LogP contribution is 2.27. The van der Waals surface area contributed by atoms with Crippen molar-refractivity contribution < 1.29 is 9.53 Å². The third-order valence-electron chi connectivity index (χ3n) is 2.70. The van der Waals surface area contributed by atoms with Gasteiger partial charge >= 0.3 is 0 Å². The molecule has 21 heavy (non-hydrogen) atoms. The Balaban J connectivity index is 2.06. The highest BCUT2D eigenvalue weighted by atomic mass is 35.5. The summed E-state index contributed by atoms with van der Waals surface area (Å²) in [6.45, 7) is 1.62. The van der Waals surface area contributed by atoms with E-state index < -0.39 is 6.10 Å². The summed E-state index contributed by atoms with van der Waals surface area (Å²) in [6.07, 6.45) is -0.736. The second kappa shape index (κ2) is 7.03. The predicted octanol–water partition coefficient (Wildman–Crippen LogP) is 5.05. The Bertz CT molecular complexity index is 661. The number of halogens is 3. The van der Waals surface area contributed by atoms with Crippen molar-refractivity contribution in [1.29, 1.82) is 0 Å². The molecular weight excluding hydrogens is 333 g/mol. The van der Waals surface area contributed by atoms with Gasteiger partial charge in [-0.2, -0.15) is 0 Å². The van der Waals surface area contributed by atoms with Crippen molar-refractivity contribution in [1.82, 2.24) is 0 Å². The average Bonchev–Trinajstić information content (AvgIpc) is 2.45. The van der Waals surface area contributed by atoms with Crippen LogP contribution >= 0.6 is 34.8 Å². The zero-order chi connectivity index (χ0) is 15.4. The van der Waals surface area contributed by atoms with Gasteiger partial charge in [0.2, 0.25) is 0 Å². The molecule has 6 heteroatoms. The van der Waals surface area contributed by atoms with Crippen LogP contribution in [0.4, 0.5) is 5.69 Å². The van der Waals surface area contributed by atoms with Crippen LogP contribution in [-0.4, -0.2) is 12.0 Å². The second-order valence-electron chi connectivity index (χ2n) is 4.30. The summed E-state index contributed by atoms with van der Waals surface area (Å²) in [5.74, 6) is 0.0955. The summed E-state index contributed by atoms with van der Waals surface area (Å²) in [4.78, 5) is 12.1. The van der Waals surface area contributed by atoms with Crippen molar-refractivity contribution in [2.24, 2.45) is 0 Å². The summed E-state index contributed by atoms with van der Waals surface area (Å²) in [5.41, 5.74) is 0.434. The molecule has 0 heterocycles. The van der Waals surface area contributed by atoms with Crippen LogP contribution in [0.15, 0.2) is 42.5 Å². The number of anilines is 1. The molecule has 0 aromatic heterocycles. The van der Waals surface area contributed by atoms with E-state index in [1.807, 2.05) is 0 Å². The number of carbonyl (C=O) groups is 1. The summed E-state index contributed by atoms with van der Waals surface area (Å²) < 4.78 is 5.53. The van der Waals surface area contributed by atoms with Crippen molar-refractivity contribution in [3.63, 3.8) is 0 Å². The van der Waals surface area contributed by atoms with Gasteiger partial charge in [0, 0.05) is 5.02 Å². The van der Waals surface area contributed by atoms with Gasteiger partial charge in [-0.05, 0) is 37.3 Å². The molecule has 1 N–H and O–H groups in total. The molecule has 0 saturated heterocycles. The van der Waals surface area contributed by atoms with Gasteiger partial charge in [0.25, 0.3) is 5.91 Å². The fourth-order valence-electron chi connectivity index (χ4n) is 1.61. The first-order chi connectivity index (χ1) is 9.97. The van der Waals surface area contributed by atoms with E-state index in [1.165, 1.54) is 0 Å². The number of amides is 1. The fourth-order valence-corrected chi connectivity index (χ4v) is 2.13. The lowest BCUT2D eigenvalue weighted by Gasteiger charge is -2.16. The number of ether oxygens (including phenoxy) is 1. The van der Waals surface area contributed by atoms with Crippen LogP contribution in [0.2, 0.25) is 15.1 Å². The molecule has 1 unspecified atom stereocenters. The summed E-state index contributed by atoms with van der Waals surface area (Å²) in [7, 11) is 0. The van der Waals surface area contributed by atoms with E-state index in [1.54, 1.807) is 49.4 Å². The van der Waals surface area contributed by atoms with Gasteiger partial charge in [0.05, 0.1) is 15.7 Å². The molecule has 0 bridgehead atoms. The molecule has 2 rings (SSSR count). The van der Waals surface area contributed by atoms with E-state index in [0.29, 0.717) is 26.5 Å². The van der Waals surface area contributed by atoms with E-state index in [0.717, 1.165) is 0 Å². The zero-order valence-electron chi connectivity index (χ0n) is 11.1. The molecule has 2 aromatic carbocycles. The molecular formula is C15H12Cl3NO2. The van der Waals surface area contributed by atoms with Crippen molar-refractivity contribution in [3.8, 4) is 5.75 Å². The smallest absolute Gasteiger partial charge is 0.265 e. The van der Waals surface area contributed by atoms with Gasteiger partial charge in [-0.15, -0.1) is 0 Å². The van der Waals surface area contributed by atoms with E-state index in [4.69, 9.17) is 39.5 Å². The first kappa shape index (κ1) is 16.0. The normalized spacial score (nSPS) is 11.8. The van der Waals surface area contributed by atoms with Crippen LogP contribution in [0.3, 0.4) is 0 Å². The minimum Gasteiger partial charge on any atom is -0.479 e. The lowest BCUT2D eigenvalue weighted by atomic mass is 10.3. The molecule has 0 aliphatic heterocycles. The predicted molar refractivity (Wildman–Crippen MR) is 86.6 cm³/mol. The lowest BCUT2D eigenvalue weighted by molar-refractivity contribution is -0.122. The second-order valence-corrected chi connectivity index (χ2v) is 5.55. The van der Waals surface area contributed by atoms with E-state index in [2.05, 4.69) is 5.32 Å². The first-order valence-corrected chi connectivity index (χ1v) is 7.28. The number of nitrogens with one attached hydrogen (secondary N) is 1. The number of hydrogen-bond donors (Lipinski definition) is 1. The van der Waals surface area contributed by atoms with Gasteiger partial charge in [-0.1, -0.05) is 46.9 Å². The van der Waals surface area contributed by atoms with Gasteiger partial charge in [0.15, 0.2) is 6.10 Å². The van der Waals surface area contributed by atoms with Crippen molar-refractivity contribution in [3.05, 3.63) is 57.5 Å². The molecule has 1 amide bonds. The zero-order valence-corrected chi connectivity index (χ0v) is 13.3. The Morgan fingerprint density at radius 2 is 1.81 bits per heavy atom. The Labute approximate surface area is 137 Å². The Morgan fingerprint density at radius 1 is 1.10 bits per heavy atom. The maximum absolute atomic E-state index is 12.1. The number of rotatable bonds is 4. The monoisotopic (exact) mass is 343 g/mol. The van der Waals surface area contributed by atoms with Crippen molar-refractivity contribution >= 4 is 46.4 Å². The van der Waals surface area contributed by atoms with Crippen LogP contribution in [-0.2, 0) is 4.79 Å². The van der Waals surface area contributed by atoms with Crippen LogP contribution in [0.1, 0.15) is 6.92 Å². The maximum Gasteiger partial charge on any atom is 0.265 e. The van der Waals surface area contributed by atoms with Crippen molar-refractivity contribution in [2.45, 2.75) is 13.0 Å². The number of benzene rings is 2. The summed E-state index contributed by atoms with van der Waals surface area (Å²) in [5, 5.41) is 3.99. The topological polar surface area (TPSA) is 38.3 Å². The highest BCUT2D eigenvalue weighted by Gasteiger charge is 2.17. The average molecular weight is 345 g/mol. The SMILES string of the molecule is CC(Oc1ccccc1Cl)C(=O)Nc1cc(Cl)ccc1Cl. The van der Waals surface area contributed by atoms with Crippen LogP contribution in [0.25, 0.3) is 0 Å². The standard InChI is InChI=1S/C15H12Cl3NO2/c1-9(21-14-5-3-2-4-12(14)18)15(20)19-13-8-10(16)6-7-11(13)17/h2-9H,1H3,(H,19,20).